The van der Waals surface area contributed by atoms with Crippen molar-refractivity contribution >= 4 is 16.9 Å². The summed E-state index contributed by atoms with van der Waals surface area (Å²) in [5.41, 5.74) is -0.577. The average molecular weight is 446 g/mol. The number of carboxylic acid groups (broad SMARTS) is 1. The molecular weight excluding hydrogens is 428 g/mol. The van der Waals surface area contributed by atoms with Crippen LogP contribution in [-0.4, -0.2) is 67.3 Å². The lowest BCUT2D eigenvalue weighted by Gasteiger charge is -2.38. The summed E-state index contributed by atoms with van der Waals surface area (Å²) in [4.78, 5) is 24.0. The van der Waals surface area contributed by atoms with Gasteiger partial charge >= 0.3 is 5.97 Å². The van der Waals surface area contributed by atoms with Gasteiger partial charge in [-0.1, -0.05) is 30.3 Å². The number of benzene rings is 2. The SMILES string of the molecule is O=C(O)[C@H]1O[C@@H](Oc2c(O)cc(O)c3c(=O)cc(-c4ccccc4)oc23)[C@@H](O)[C@@H](O)[C@@H]1O. The highest BCUT2D eigenvalue weighted by atomic mass is 16.7. The van der Waals surface area contributed by atoms with Crippen molar-refractivity contribution in [3.05, 3.63) is 52.7 Å². The number of aliphatic carboxylic acids is 1. The van der Waals surface area contributed by atoms with Crippen molar-refractivity contribution in [1.82, 2.24) is 0 Å². The highest BCUT2D eigenvalue weighted by molar-refractivity contribution is 5.91. The molecule has 0 spiro atoms. The minimum absolute atomic E-state index is 0.0712. The topological polar surface area (TPSA) is 187 Å². The second-order valence-corrected chi connectivity index (χ2v) is 7.14. The molecule has 0 amide bonds. The van der Waals surface area contributed by atoms with E-state index in [0.29, 0.717) is 5.56 Å². The molecule has 11 nitrogen and oxygen atoms in total. The van der Waals surface area contributed by atoms with Crippen LogP contribution in [-0.2, 0) is 9.53 Å². The number of aliphatic hydroxyl groups excluding tert-OH is 3. The van der Waals surface area contributed by atoms with Gasteiger partial charge in [0.25, 0.3) is 0 Å². The van der Waals surface area contributed by atoms with Gasteiger partial charge in [-0.05, 0) is 0 Å². The molecule has 168 valence electrons. The molecule has 2 heterocycles. The van der Waals surface area contributed by atoms with Gasteiger partial charge in [-0.15, -0.1) is 0 Å². The summed E-state index contributed by atoms with van der Waals surface area (Å²) in [5.74, 6) is -3.44. The number of ether oxygens (including phenoxy) is 2. The van der Waals surface area contributed by atoms with Gasteiger partial charge in [-0.25, -0.2) is 4.79 Å². The summed E-state index contributed by atoms with van der Waals surface area (Å²) in [6.45, 7) is 0. The summed E-state index contributed by atoms with van der Waals surface area (Å²) >= 11 is 0. The minimum atomic E-state index is -1.95. The van der Waals surface area contributed by atoms with Gasteiger partial charge in [-0.2, -0.15) is 0 Å². The fraction of sp³-hybridized carbons (Fsp3) is 0.238. The van der Waals surface area contributed by atoms with Crippen LogP contribution in [0.4, 0.5) is 0 Å². The van der Waals surface area contributed by atoms with Crippen LogP contribution < -0.4 is 10.2 Å². The Morgan fingerprint density at radius 2 is 1.62 bits per heavy atom. The van der Waals surface area contributed by atoms with Gasteiger partial charge in [0.1, 0.15) is 35.2 Å². The van der Waals surface area contributed by atoms with Crippen LogP contribution in [0.15, 0.2) is 51.7 Å². The minimum Gasteiger partial charge on any atom is -0.507 e. The Labute approximate surface area is 178 Å². The average Bonchev–Trinajstić information content (AvgIpc) is 2.76. The van der Waals surface area contributed by atoms with E-state index in [1.807, 2.05) is 0 Å². The van der Waals surface area contributed by atoms with Crippen molar-refractivity contribution in [2.24, 2.45) is 0 Å². The van der Waals surface area contributed by atoms with Crippen LogP contribution in [0.3, 0.4) is 0 Å². The lowest BCUT2D eigenvalue weighted by atomic mass is 9.99. The molecule has 0 unspecified atom stereocenters. The third-order valence-corrected chi connectivity index (χ3v) is 5.02. The molecule has 1 aromatic heterocycles. The van der Waals surface area contributed by atoms with E-state index >= 15 is 0 Å². The normalized spacial score (nSPS) is 25.5. The van der Waals surface area contributed by atoms with Crippen LogP contribution in [0.5, 0.6) is 17.2 Å². The predicted octanol–water partition coefficient (Wildman–Crippen LogP) is 0.142. The molecule has 11 heteroatoms. The van der Waals surface area contributed by atoms with Crippen LogP contribution in [0.1, 0.15) is 0 Å². The fourth-order valence-electron chi connectivity index (χ4n) is 3.40. The summed E-state index contributed by atoms with van der Waals surface area (Å²) in [6, 6.07) is 10.4. The van der Waals surface area contributed by atoms with Crippen molar-refractivity contribution in [2.75, 3.05) is 0 Å². The number of phenolic OH excluding ortho intramolecular Hbond substituents is 2. The number of carbonyl (C=O) groups is 1. The molecule has 2 aromatic carbocycles. The van der Waals surface area contributed by atoms with E-state index in [-0.39, 0.29) is 11.1 Å². The molecule has 1 fully saturated rings. The zero-order valence-corrected chi connectivity index (χ0v) is 16.2. The fourth-order valence-corrected chi connectivity index (χ4v) is 3.40. The van der Waals surface area contributed by atoms with E-state index in [4.69, 9.17) is 13.9 Å². The summed E-state index contributed by atoms with van der Waals surface area (Å²) in [5, 5.41) is 59.3. The number of rotatable bonds is 4. The Balaban J connectivity index is 1.84. The van der Waals surface area contributed by atoms with Gasteiger partial charge in [0.15, 0.2) is 22.9 Å². The Bertz CT molecular complexity index is 1220. The largest absolute Gasteiger partial charge is 0.507 e. The maximum absolute atomic E-state index is 12.7. The van der Waals surface area contributed by atoms with Crippen molar-refractivity contribution in [2.45, 2.75) is 30.7 Å². The van der Waals surface area contributed by atoms with E-state index < -0.39 is 64.9 Å². The number of aromatic hydroxyl groups is 2. The lowest BCUT2D eigenvalue weighted by Crippen LogP contribution is -2.61. The Hall–Kier alpha value is -3.64. The van der Waals surface area contributed by atoms with Gasteiger partial charge in [0.2, 0.25) is 12.0 Å². The van der Waals surface area contributed by atoms with Crippen molar-refractivity contribution in [3.8, 4) is 28.6 Å². The van der Waals surface area contributed by atoms with Gasteiger partial charge < -0.3 is 44.5 Å². The summed E-state index contributed by atoms with van der Waals surface area (Å²) < 4.78 is 16.2. The molecule has 4 rings (SSSR count). The van der Waals surface area contributed by atoms with Gasteiger partial charge in [0, 0.05) is 17.7 Å². The van der Waals surface area contributed by atoms with Crippen LogP contribution >= 0.6 is 0 Å². The van der Waals surface area contributed by atoms with E-state index in [1.165, 1.54) is 0 Å². The maximum atomic E-state index is 12.7. The first-order valence-corrected chi connectivity index (χ1v) is 9.36. The molecule has 32 heavy (non-hydrogen) atoms. The van der Waals surface area contributed by atoms with E-state index in [1.54, 1.807) is 30.3 Å². The molecule has 0 aliphatic carbocycles. The quantitative estimate of drug-likeness (QED) is 0.320. The third kappa shape index (κ3) is 3.63. The highest BCUT2D eigenvalue weighted by Gasteiger charge is 2.48. The molecule has 1 aliphatic heterocycles. The monoisotopic (exact) mass is 446 g/mol. The summed E-state index contributed by atoms with van der Waals surface area (Å²) in [7, 11) is 0. The zero-order chi connectivity index (χ0) is 23.2. The smallest absolute Gasteiger partial charge is 0.335 e. The molecule has 0 saturated carbocycles. The Kier molecular flexibility index (Phi) is 5.48. The Morgan fingerprint density at radius 1 is 0.938 bits per heavy atom. The van der Waals surface area contributed by atoms with Crippen LogP contribution in [0.2, 0.25) is 0 Å². The van der Waals surface area contributed by atoms with Crippen LogP contribution in [0, 0.1) is 0 Å². The number of fused-ring (bicyclic) bond motifs is 1. The second kappa shape index (κ2) is 8.13. The van der Waals surface area contributed by atoms with Crippen LogP contribution in [0.25, 0.3) is 22.3 Å². The van der Waals surface area contributed by atoms with E-state index in [9.17, 15) is 40.2 Å². The molecular formula is C21H18O11. The number of hydrogen-bond donors (Lipinski definition) is 6. The number of aliphatic hydroxyl groups is 3. The standard InChI is InChI=1S/C21H18O11/c22-9-6-11(24)17(31-21-16(27)14(25)15(26)19(32-21)20(28)29)18-13(9)10(23)7-12(30-18)8-4-2-1-3-5-8/h1-7,14-16,19,21-22,24-27H,(H,28,29)/t14-,15-,16-,19-,21+/m0/s1. The third-order valence-electron chi connectivity index (χ3n) is 5.02. The number of carboxylic acids is 1. The van der Waals surface area contributed by atoms with Crippen molar-refractivity contribution in [1.29, 1.82) is 0 Å². The first-order valence-electron chi connectivity index (χ1n) is 9.36. The number of hydrogen-bond acceptors (Lipinski definition) is 10. The van der Waals surface area contributed by atoms with E-state index in [0.717, 1.165) is 12.1 Å². The second-order valence-electron chi connectivity index (χ2n) is 7.14. The molecule has 1 saturated heterocycles. The van der Waals surface area contributed by atoms with Gasteiger partial charge in [0.05, 0.1) is 0 Å². The number of phenols is 2. The van der Waals surface area contributed by atoms with E-state index in [2.05, 4.69) is 0 Å². The van der Waals surface area contributed by atoms with Crippen molar-refractivity contribution < 1.29 is 49.3 Å². The highest BCUT2D eigenvalue weighted by Crippen LogP contribution is 2.42. The molecule has 0 radical (unpaired) electrons. The van der Waals surface area contributed by atoms with Gasteiger partial charge in [-0.3, -0.25) is 4.79 Å². The predicted molar refractivity (Wildman–Crippen MR) is 106 cm³/mol. The Morgan fingerprint density at radius 3 is 2.28 bits per heavy atom. The molecule has 5 atom stereocenters. The molecule has 6 N–H and O–H groups in total. The lowest BCUT2D eigenvalue weighted by molar-refractivity contribution is -0.271. The summed E-state index contributed by atoms with van der Waals surface area (Å²) in [6.07, 6.45) is -9.65. The zero-order valence-electron chi connectivity index (χ0n) is 16.2. The maximum Gasteiger partial charge on any atom is 0.335 e. The molecule has 3 aromatic rings. The van der Waals surface area contributed by atoms with Crippen molar-refractivity contribution in [3.63, 3.8) is 0 Å². The first-order chi connectivity index (χ1) is 15.2. The molecule has 0 bridgehead atoms. The first kappa shape index (κ1) is 21.6. The molecule has 1 aliphatic rings.